The van der Waals surface area contributed by atoms with Gasteiger partial charge >= 0.3 is 12.1 Å². The van der Waals surface area contributed by atoms with Crippen LogP contribution in [0.5, 0.6) is 17.2 Å². The Bertz CT molecular complexity index is 1200. The van der Waals surface area contributed by atoms with Crippen LogP contribution in [0.25, 0.3) is 0 Å². The summed E-state index contributed by atoms with van der Waals surface area (Å²) in [7, 11) is 1.52. The minimum Gasteiger partial charge on any atom is -0.493 e. The molecule has 0 spiro atoms. The fourth-order valence-electron chi connectivity index (χ4n) is 3.94. The Labute approximate surface area is 206 Å². The molecule has 8 heteroatoms. The topological polar surface area (TPSA) is 85.3 Å². The second-order valence-corrected chi connectivity index (χ2v) is 8.91. The van der Waals surface area contributed by atoms with Crippen LogP contribution < -0.4 is 9.47 Å². The molecule has 2 atom stereocenters. The molecular formula is C26H24BrNO6. The molecule has 1 amide bonds. The highest BCUT2D eigenvalue weighted by Gasteiger charge is 2.39. The normalized spacial score (nSPS) is 17.4. The summed E-state index contributed by atoms with van der Waals surface area (Å²) >= 11 is 3.47. The number of cyclic esters (lactones) is 1. The third kappa shape index (κ3) is 5.17. The van der Waals surface area contributed by atoms with E-state index in [2.05, 4.69) is 15.9 Å². The summed E-state index contributed by atoms with van der Waals surface area (Å²) in [5, 5.41) is 9.14. The van der Waals surface area contributed by atoms with Gasteiger partial charge in [0.2, 0.25) is 0 Å². The number of halogens is 1. The van der Waals surface area contributed by atoms with Gasteiger partial charge in [-0.2, -0.15) is 0 Å². The molecule has 0 saturated carbocycles. The van der Waals surface area contributed by atoms with E-state index in [1.165, 1.54) is 7.11 Å². The van der Waals surface area contributed by atoms with Crippen LogP contribution in [-0.2, 0) is 22.5 Å². The lowest BCUT2D eigenvalue weighted by molar-refractivity contribution is -0.136. The molecule has 4 rings (SSSR count). The first-order chi connectivity index (χ1) is 16.4. The zero-order valence-corrected chi connectivity index (χ0v) is 20.3. The Morgan fingerprint density at radius 2 is 1.82 bits per heavy atom. The number of hydrogen-bond acceptors (Lipinski definition) is 5. The van der Waals surface area contributed by atoms with Crippen molar-refractivity contribution in [2.75, 3.05) is 7.11 Å². The molecule has 176 valence electrons. The van der Waals surface area contributed by atoms with E-state index in [9.17, 15) is 9.59 Å². The Kier molecular flexibility index (Phi) is 7.07. The summed E-state index contributed by atoms with van der Waals surface area (Å²) in [4.78, 5) is 25.6. The summed E-state index contributed by atoms with van der Waals surface area (Å²) in [6.07, 6.45) is -0.887. The number of rotatable bonds is 8. The number of carboxylic acid groups (broad SMARTS) is 1. The van der Waals surface area contributed by atoms with Crippen molar-refractivity contribution < 1.29 is 28.9 Å². The number of hydrogen-bond donors (Lipinski definition) is 1. The standard InChI is InChI=1S/C26H24BrNO6/c1-16-25(18-6-4-3-5-7-18)34-26(31)28(16)15-19-9-10-20(27)14-22(19)33-23-12-17(13-24(29)30)8-11-21(23)32-2/h3-12,14,16,25H,13,15H2,1-2H3,(H,29,30)/t16-,25-/m0/s1. The van der Waals surface area contributed by atoms with Gasteiger partial charge in [-0.1, -0.05) is 58.4 Å². The third-order valence-corrected chi connectivity index (χ3v) is 6.19. The molecule has 0 radical (unpaired) electrons. The molecule has 7 nitrogen and oxygen atoms in total. The molecule has 1 fully saturated rings. The molecule has 0 aromatic heterocycles. The van der Waals surface area contributed by atoms with E-state index < -0.39 is 12.1 Å². The lowest BCUT2D eigenvalue weighted by Gasteiger charge is -2.22. The maximum atomic E-state index is 12.7. The summed E-state index contributed by atoms with van der Waals surface area (Å²) in [5.74, 6) is 0.440. The number of methoxy groups -OCH3 is 1. The van der Waals surface area contributed by atoms with Gasteiger partial charge in [0.1, 0.15) is 11.9 Å². The first-order valence-corrected chi connectivity index (χ1v) is 11.5. The van der Waals surface area contributed by atoms with Crippen molar-refractivity contribution in [2.45, 2.75) is 32.0 Å². The SMILES string of the molecule is COc1ccc(CC(=O)O)cc1Oc1cc(Br)ccc1CN1C(=O)O[C@H](c2ccccc2)[C@@H]1C. The van der Waals surface area contributed by atoms with Gasteiger partial charge in [-0.05, 0) is 42.3 Å². The van der Waals surface area contributed by atoms with Gasteiger partial charge in [-0.15, -0.1) is 0 Å². The van der Waals surface area contributed by atoms with Crippen molar-refractivity contribution in [1.29, 1.82) is 0 Å². The predicted octanol–water partition coefficient (Wildman–Crippen LogP) is 5.96. The molecule has 3 aromatic carbocycles. The zero-order chi connectivity index (χ0) is 24.2. The van der Waals surface area contributed by atoms with Gasteiger partial charge in [0, 0.05) is 10.0 Å². The zero-order valence-electron chi connectivity index (χ0n) is 18.7. The lowest BCUT2D eigenvalue weighted by Crippen LogP contribution is -2.31. The third-order valence-electron chi connectivity index (χ3n) is 5.69. The van der Waals surface area contributed by atoms with Crippen LogP contribution in [0.2, 0.25) is 0 Å². The van der Waals surface area contributed by atoms with Gasteiger partial charge < -0.3 is 19.3 Å². The minimum absolute atomic E-state index is 0.135. The molecule has 1 N–H and O–H groups in total. The average molecular weight is 526 g/mol. The number of ether oxygens (including phenoxy) is 3. The molecule has 0 unspecified atom stereocenters. The van der Waals surface area contributed by atoms with E-state index in [1.807, 2.05) is 49.4 Å². The molecule has 34 heavy (non-hydrogen) atoms. The first-order valence-electron chi connectivity index (χ1n) is 10.7. The highest BCUT2D eigenvalue weighted by Crippen LogP contribution is 2.38. The summed E-state index contributed by atoms with van der Waals surface area (Å²) in [6.45, 7) is 2.24. The van der Waals surface area contributed by atoms with Crippen molar-refractivity contribution in [1.82, 2.24) is 4.90 Å². The lowest BCUT2D eigenvalue weighted by atomic mass is 10.0. The van der Waals surface area contributed by atoms with Gasteiger partial charge in [0.15, 0.2) is 11.5 Å². The monoisotopic (exact) mass is 525 g/mol. The predicted molar refractivity (Wildman–Crippen MR) is 129 cm³/mol. The second kappa shape index (κ2) is 10.2. The molecule has 0 aliphatic carbocycles. The molecule has 3 aromatic rings. The molecule has 0 bridgehead atoms. The molecule has 1 heterocycles. The van der Waals surface area contributed by atoms with Crippen LogP contribution in [0.15, 0.2) is 71.2 Å². The van der Waals surface area contributed by atoms with Crippen molar-refractivity contribution in [3.8, 4) is 17.2 Å². The number of aliphatic carboxylic acids is 1. The molecule has 1 aliphatic rings. The van der Waals surface area contributed by atoms with E-state index in [0.29, 0.717) is 22.8 Å². The van der Waals surface area contributed by atoms with Gasteiger partial charge in [0.05, 0.1) is 26.1 Å². The fraction of sp³-hybridized carbons (Fsp3) is 0.231. The van der Waals surface area contributed by atoms with Crippen LogP contribution in [-0.4, -0.2) is 35.2 Å². The molecule has 1 saturated heterocycles. The minimum atomic E-state index is -0.936. The number of carboxylic acids is 1. The Hall–Kier alpha value is -3.52. The largest absolute Gasteiger partial charge is 0.493 e. The van der Waals surface area contributed by atoms with Gasteiger partial charge in [-0.25, -0.2) is 4.79 Å². The van der Waals surface area contributed by atoms with Crippen molar-refractivity contribution in [3.63, 3.8) is 0 Å². The van der Waals surface area contributed by atoms with Gasteiger partial charge in [0.25, 0.3) is 0 Å². The smallest absolute Gasteiger partial charge is 0.411 e. The van der Waals surface area contributed by atoms with E-state index >= 15 is 0 Å². The number of carbonyl (C=O) groups is 2. The maximum absolute atomic E-state index is 12.7. The van der Waals surface area contributed by atoms with E-state index in [1.54, 1.807) is 29.2 Å². The van der Waals surface area contributed by atoms with E-state index in [0.717, 1.165) is 15.6 Å². The Balaban J connectivity index is 1.61. The number of nitrogens with zero attached hydrogens (tertiary/aromatic N) is 1. The number of amides is 1. The highest BCUT2D eigenvalue weighted by atomic mass is 79.9. The van der Waals surface area contributed by atoms with E-state index in [4.69, 9.17) is 19.3 Å². The van der Waals surface area contributed by atoms with E-state index in [-0.39, 0.29) is 25.1 Å². The molecular weight excluding hydrogens is 502 g/mol. The van der Waals surface area contributed by atoms with Crippen LogP contribution >= 0.6 is 15.9 Å². The molecule has 1 aliphatic heterocycles. The van der Waals surface area contributed by atoms with Crippen LogP contribution in [0.1, 0.15) is 29.7 Å². The number of carbonyl (C=O) groups excluding carboxylic acids is 1. The van der Waals surface area contributed by atoms with Crippen LogP contribution in [0, 0.1) is 0 Å². The Morgan fingerprint density at radius 1 is 1.06 bits per heavy atom. The fourth-order valence-corrected chi connectivity index (χ4v) is 4.28. The maximum Gasteiger partial charge on any atom is 0.411 e. The average Bonchev–Trinajstić information content (AvgIpc) is 3.09. The summed E-state index contributed by atoms with van der Waals surface area (Å²) < 4.78 is 18.1. The first kappa shape index (κ1) is 23.6. The van der Waals surface area contributed by atoms with Crippen LogP contribution in [0.3, 0.4) is 0 Å². The summed E-state index contributed by atoms with van der Waals surface area (Å²) in [6, 6.07) is 20.1. The van der Waals surface area contributed by atoms with Crippen molar-refractivity contribution in [2.24, 2.45) is 0 Å². The van der Waals surface area contributed by atoms with Gasteiger partial charge in [-0.3, -0.25) is 9.69 Å². The highest BCUT2D eigenvalue weighted by molar-refractivity contribution is 9.10. The Morgan fingerprint density at radius 3 is 2.53 bits per heavy atom. The quantitative estimate of drug-likeness (QED) is 0.390. The van der Waals surface area contributed by atoms with Crippen LogP contribution in [0.4, 0.5) is 4.79 Å². The van der Waals surface area contributed by atoms with Crippen molar-refractivity contribution >= 4 is 28.0 Å². The second-order valence-electron chi connectivity index (χ2n) is 7.99. The van der Waals surface area contributed by atoms with Crippen molar-refractivity contribution in [3.05, 3.63) is 87.9 Å². The summed E-state index contributed by atoms with van der Waals surface area (Å²) in [5.41, 5.74) is 2.30. The number of benzene rings is 3.